The van der Waals surface area contributed by atoms with Gasteiger partial charge in [0.2, 0.25) is 0 Å². The third-order valence-corrected chi connectivity index (χ3v) is 1.30. The Hall–Kier alpha value is -0.290. The predicted octanol–water partition coefficient (Wildman–Crippen LogP) is -1.85. The number of carbonyl (C=O) groups is 1. The molecule has 0 aliphatic heterocycles. The van der Waals surface area contributed by atoms with E-state index in [1.54, 1.807) is 30.6 Å². The van der Waals surface area contributed by atoms with E-state index in [1.165, 1.54) is 0 Å². The molecule has 0 unspecified atom stereocenters. The van der Waals surface area contributed by atoms with E-state index >= 15 is 0 Å². The van der Waals surface area contributed by atoms with Gasteiger partial charge in [0, 0.05) is 0 Å². The Balaban J connectivity index is 0. The first-order chi connectivity index (χ1) is 6.20. The topological polar surface area (TPSA) is 54.4 Å². The van der Waals surface area contributed by atoms with Crippen LogP contribution in [-0.2, 0) is 9.59 Å². The number of carboxylic acids is 1. The molecule has 0 saturated carbocycles. The van der Waals surface area contributed by atoms with Gasteiger partial charge in [0.15, 0.2) is 0 Å². The van der Waals surface area contributed by atoms with Crippen LogP contribution in [-0.4, -0.2) is 23.1 Å². The molecular formula is C9H9NaO3S. The fourth-order valence-electron chi connectivity index (χ4n) is 0.506. The first-order valence-electron chi connectivity index (χ1n) is 3.46. The van der Waals surface area contributed by atoms with Crippen LogP contribution in [0.25, 0.3) is 0 Å². The zero-order valence-electron chi connectivity index (χ0n) is 7.80. The van der Waals surface area contributed by atoms with Gasteiger partial charge in [-0.15, -0.1) is 12.1 Å². The summed E-state index contributed by atoms with van der Waals surface area (Å²) in [5.74, 6) is -0.965. The molecule has 3 nitrogen and oxygen atoms in total. The van der Waals surface area contributed by atoms with Crippen molar-refractivity contribution in [2.45, 2.75) is 0 Å². The summed E-state index contributed by atoms with van der Waals surface area (Å²) in [7, 11) is 0. The molecule has 0 radical (unpaired) electrons. The average molecular weight is 220 g/mol. The molecule has 70 valence electrons. The molecule has 14 heavy (non-hydrogen) atoms. The molecule has 0 atom stereocenters. The van der Waals surface area contributed by atoms with Gasteiger partial charge in [-0.05, 0) is 0 Å². The summed E-state index contributed by atoms with van der Waals surface area (Å²) in [6.07, 6.45) is 1.78. The van der Waals surface area contributed by atoms with Crippen molar-refractivity contribution >= 4 is 24.9 Å². The standard InChI is InChI=1S/C7H5O.C2H4O2S.Na/c8-6-7-4-2-1-3-5-7;3-2(4)1-5;/h1-5H;5H,1H2,(H,3,4);/q-1;;+1. The number of carboxylic acid groups (broad SMARTS) is 1. The fraction of sp³-hybridized carbons (Fsp3) is 0.111. The quantitative estimate of drug-likeness (QED) is 0.349. The molecule has 0 bridgehead atoms. The Labute approximate surface area is 110 Å². The summed E-state index contributed by atoms with van der Waals surface area (Å²) in [6.45, 7) is 0. The van der Waals surface area contributed by atoms with E-state index in [9.17, 15) is 9.59 Å². The van der Waals surface area contributed by atoms with Crippen molar-refractivity contribution in [1.82, 2.24) is 0 Å². The van der Waals surface area contributed by atoms with Gasteiger partial charge in [0.25, 0.3) is 0 Å². The molecule has 0 heterocycles. The van der Waals surface area contributed by atoms with E-state index in [0.717, 1.165) is 0 Å². The largest absolute Gasteiger partial charge is 1.00 e. The van der Waals surface area contributed by atoms with Crippen molar-refractivity contribution in [2.75, 3.05) is 5.75 Å². The number of benzene rings is 1. The number of aliphatic carboxylic acids is 1. The van der Waals surface area contributed by atoms with Crippen LogP contribution in [0.15, 0.2) is 30.3 Å². The molecule has 0 aliphatic rings. The number of carbonyl (C=O) groups excluding carboxylic acids is 1. The first-order valence-corrected chi connectivity index (χ1v) is 4.09. The smallest absolute Gasteiger partial charge is 0.481 e. The van der Waals surface area contributed by atoms with E-state index in [-0.39, 0.29) is 35.3 Å². The van der Waals surface area contributed by atoms with E-state index in [2.05, 4.69) is 12.6 Å². The Morgan fingerprint density at radius 3 is 2.00 bits per heavy atom. The SMILES string of the molecule is O=C(O)CS.O=[C-]c1ccccc1.[Na+]. The monoisotopic (exact) mass is 220 g/mol. The van der Waals surface area contributed by atoms with Gasteiger partial charge >= 0.3 is 35.5 Å². The summed E-state index contributed by atoms with van der Waals surface area (Å²) in [5.41, 5.74) is 0.604. The predicted molar refractivity (Wildman–Crippen MR) is 52.7 cm³/mol. The number of thiol groups is 1. The maximum atomic E-state index is 9.88. The molecule has 0 aromatic heterocycles. The van der Waals surface area contributed by atoms with Crippen LogP contribution in [0, 0.1) is 0 Å². The molecular weight excluding hydrogens is 211 g/mol. The van der Waals surface area contributed by atoms with Crippen molar-refractivity contribution in [3.05, 3.63) is 35.9 Å². The molecule has 0 amide bonds. The van der Waals surface area contributed by atoms with Crippen LogP contribution < -0.4 is 29.6 Å². The number of hydrogen-bond acceptors (Lipinski definition) is 3. The molecule has 0 saturated heterocycles. The fourth-order valence-corrected chi connectivity index (χ4v) is 0.506. The third kappa shape index (κ3) is 9.80. The average Bonchev–Trinajstić information content (AvgIpc) is 2.20. The minimum atomic E-state index is -0.881. The van der Waals surface area contributed by atoms with Gasteiger partial charge in [-0.2, -0.15) is 30.3 Å². The molecule has 5 heteroatoms. The number of rotatable bonds is 2. The van der Waals surface area contributed by atoms with Gasteiger partial charge in [-0.25, -0.2) is 0 Å². The maximum absolute atomic E-state index is 9.88. The van der Waals surface area contributed by atoms with E-state index in [4.69, 9.17) is 5.11 Å². The van der Waals surface area contributed by atoms with Gasteiger partial charge in [0.05, 0.1) is 12.0 Å². The van der Waals surface area contributed by atoms with E-state index in [1.807, 2.05) is 6.07 Å². The van der Waals surface area contributed by atoms with Crippen LogP contribution in [0.2, 0.25) is 0 Å². The molecule has 0 fully saturated rings. The summed E-state index contributed by atoms with van der Waals surface area (Å²) in [4.78, 5) is 19.2. The second kappa shape index (κ2) is 10.8. The molecule has 0 aliphatic carbocycles. The molecule has 1 rings (SSSR count). The zero-order valence-corrected chi connectivity index (χ0v) is 10.7. The first kappa shape index (κ1) is 16.2. The Kier molecular flexibility index (Phi) is 12.4. The van der Waals surface area contributed by atoms with Crippen LogP contribution in [0.4, 0.5) is 0 Å². The Morgan fingerprint density at radius 1 is 1.36 bits per heavy atom. The van der Waals surface area contributed by atoms with Gasteiger partial charge < -0.3 is 9.90 Å². The molecule has 1 aromatic rings. The maximum Gasteiger partial charge on any atom is 1.00 e. The van der Waals surface area contributed by atoms with Gasteiger partial charge in [-0.1, -0.05) is 6.07 Å². The third-order valence-electron chi connectivity index (χ3n) is 1.03. The summed E-state index contributed by atoms with van der Waals surface area (Å²) >= 11 is 3.42. The van der Waals surface area contributed by atoms with Crippen LogP contribution in [0.5, 0.6) is 0 Å². The Morgan fingerprint density at radius 2 is 1.79 bits per heavy atom. The van der Waals surface area contributed by atoms with Crippen LogP contribution >= 0.6 is 12.6 Å². The van der Waals surface area contributed by atoms with Crippen molar-refractivity contribution in [3.8, 4) is 0 Å². The second-order valence-electron chi connectivity index (χ2n) is 2.02. The van der Waals surface area contributed by atoms with Crippen molar-refractivity contribution < 1.29 is 44.3 Å². The summed E-state index contributed by atoms with van der Waals surface area (Å²) < 4.78 is 0. The van der Waals surface area contributed by atoms with Crippen molar-refractivity contribution in [1.29, 1.82) is 0 Å². The summed E-state index contributed by atoms with van der Waals surface area (Å²) in [6, 6.07) is 8.90. The summed E-state index contributed by atoms with van der Waals surface area (Å²) in [5, 5.41) is 7.65. The second-order valence-corrected chi connectivity index (χ2v) is 2.34. The van der Waals surface area contributed by atoms with Gasteiger partial charge in [-0.3, -0.25) is 4.79 Å². The van der Waals surface area contributed by atoms with Crippen LogP contribution in [0.1, 0.15) is 5.56 Å². The molecule has 1 N–H and O–H groups in total. The number of hydrogen-bond donors (Lipinski definition) is 2. The Bertz CT molecular complexity index is 264. The van der Waals surface area contributed by atoms with E-state index in [0.29, 0.717) is 5.56 Å². The van der Waals surface area contributed by atoms with Crippen LogP contribution in [0.3, 0.4) is 0 Å². The van der Waals surface area contributed by atoms with E-state index < -0.39 is 5.97 Å². The van der Waals surface area contributed by atoms with Crippen molar-refractivity contribution in [3.63, 3.8) is 0 Å². The molecule has 1 aromatic carbocycles. The van der Waals surface area contributed by atoms with Gasteiger partial charge in [0.1, 0.15) is 0 Å². The van der Waals surface area contributed by atoms with Crippen molar-refractivity contribution in [2.24, 2.45) is 0 Å². The minimum Gasteiger partial charge on any atom is -0.481 e. The normalized spacial score (nSPS) is 7.50. The minimum absolute atomic E-state index is 0. The molecule has 0 spiro atoms. The zero-order chi connectivity index (χ0) is 10.1.